The van der Waals surface area contributed by atoms with E-state index in [0.29, 0.717) is 17.6 Å². The first-order valence-electron chi connectivity index (χ1n) is 7.32. The molecule has 1 fully saturated rings. The molecule has 1 saturated carbocycles. The number of anilines is 1. The lowest BCUT2D eigenvalue weighted by molar-refractivity contribution is -0.138. The van der Waals surface area contributed by atoms with Crippen molar-refractivity contribution in [2.24, 2.45) is 5.92 Å². The molecule has 0 aliphatic heterocycles. The normalized spacial score (nSPS) is 23.1. The molecular formula is C16H21BrF3N. The minimum absolute atomic E-state index is 0.215. The molecule has 2 unspecified atom stereocenters. The van der Waals surface area contributed by atoms with Gasteiger partial charge in [-0.2, -0.15) is 13.2 Å². The van der Waals surface area contributed by atoms with Crippen LogP contribution in [0.1, 0.15) is 43.7 Å². The molecular weight excluding hydrogens is 343 g/mol. The number of halogens is 4. The highest BCUT2D eigenvalue weighted by Gasteiger charge is 2.34. The van der Waals surface area contributed by atoms with Crippen LogP contribution in [0.15, 0.2) is 18.2 Å². The zero-order valence-corrected chi connectivity index (χ0v) is 14.0. The van der Waals surface area contributed by atoms with Gasteiger partial charge in [0.1, 0.15) is 0 Å². The predicted octanol–water partition coefficient (Wildman–Crippen LogP) is 5.62. The smallest absolute Gasteiger partial charge is 0.372 e. The minimum Gasteiger partial charge on any atom is -0.372 e. The molecule has 0 amide bonds. The average Bonchev–Trinajstić information content (AvgIpc) is 2.45. The summed E-state index contributed by atoms with van der Waals surface area (Å²) in [6.45, 7) is 2.22. The fourth-order valence-corrected chi connectivity index (χ4v) is 3.62. The summed E-state index contributed by atoms with van der Waals surface area (Å²) >= 11 is 3.13. The maximum atomic E-state index is 13.1. The Morgan fingerprint density at radius 1 is 1.29 bits per heavy atom. The van der Waals surface area contributed by atoms with Crippen molar-refractivity contribution in [2.45, 2.75) is 50.2 Å². The third-order valence-corrected chi connectivity index (χ3v) is 5.01. The van der Waals surface area contributed by atoms with Gasteiger partial charge >= 0.3 is 6.18 Å². The van der Waals surface area contributed by atoms with Gasteiger partial charge in [-0.1, -0.05) is 41.8 Å². The van der Waals surface area contributed by atoms with Gasteiger partial charge in [0.25, 0.3) is 0 Å². The zero-order valence-electron chi connectivity index (χ0n) is 12.4. The Morgan fingerprint density at radius 3 is 2.57 bits per heavy atom. The molecule has 21 heavy (non-hydrogen) atoms. The van der Waals surface area contributed by atoms with Crippen molar-refractivity contribution in [1.29, 1.82) is 0 Å². The van der Waals surface area contributed by atoms with E-state index in [1.165, 1.54) is 12.5 Å². The summed E-state index contributed by atoms with van der Waals surface area (Å²) in [7, 11) is 1.91. The van der Waals surface area contributed by atoms with Crippen LogP contribution in [0.5, 0.6) is 0 Å². The van der Waals surface area contributed by atoms with E-state index in [4.69, 9.17) is 0 Å². The van der Waals surface area contributed by atoms with Crippen molar-refractivity contribution in [1.82, 2.24) is 0 Å². The molecule has 0 bridgehead atoms. The van der Waals surface area contributed by atoms with Crippen molar-refractivity contribution in [3.8, 4) is 0 Å². The van der Waals surface area contributed by atoms with E-state index < -0.39 is 11.7 Å². The Bertz CT molecular complexity index is 487. The van der Waals surface area contributed by atoms with Crippen LogP contribution in [0, 0.1) is 5.92 Å². The van der Waals surface area contributed by atoms with Gasteiger partial charge in [-0.25, -0.2) is 0 Å². The molecule has 1 aliphatic rings. The van der Waals surface area contributed by atoms with Gasteiger partial charge < -0.3 is 4.90 Å². The van der Waals surface area contributed by atoms with Crippen molar-refractivity contribution in [3.63, 3.8) is 0 Å². The lowest BCUT2D eigenvalue weighted by atomic mass is 9.86. The zero-order chi connectivity index (χ0) is 15.6. The second-order valence-corrected chi connectivity index (χ2v) is 6.57. The molecule has 0 heterocycles. The van der Waals surface area contributed by atoms with Crippen molar-refractivity contribution in [2.75, 3.05) is 11.9 Å². The Kier molecular flexibility index (Phi) is 5.23. The van der Waals surface area contributed by atoms with Crippen molar-refractivity contribution in [3.05, 3.63) is 29.3 Å². The SMILES string of the molecule is CC1CCCC(N(C)c2ccc(CBr)c(C(F)(F)F)c2)C1. The van der Waals surface area contributed by atoms with E-state index in [0.717, 1.165) is 19.3 Å². The summed E-state index contributed by atoms with van der Waals surface area (Å²) in [6.07, 6.45) is 0.183. The van der Waals surface area contributed by atoms with E-state index in [2.05, 4.69) is 22.9 Å². The second kappa shape index (κ2) is 6.59. The topological polar surface area (TPSA) is 3.24 Å². The quantitative estimate of drug-likeness (QED) is 0.630. The average molecular weight is 364 g/mol. The van der Waals surface area contributed by atoms with Crippen LogP contribution >= 0.6 is 15.9 Å². The largest absolute Gasteiger partial charge is 0.416 e. The van der Waals surface area contributed by atoms with Crippen LogP contribution in [0.2, 0.25) is 0 Å². The molecule has 1 nitrogen and oxygen atoms in total. The third-order valence-electron chi connectivity index (χ3n) is 4.41. The minimum atomic E-state index is -4.31. The van der Waals surface area contributed by atoms with Gasteiger partial charge in [0.2, 0.25) is 0 Å². The number of benzene rings is 1. The van der Waals surface area contributed by atoms with E-state index in [1.54, 1.807) is 12.1 Å². The molecule has 0 radical (unpaired) electrons. The number of alkyl halides is 4. The molecule has 0 aromatic heterocycles. The van der Waals surface area contributed by atoms with Crippen LogP contribution in [-0.4, -0.2) is 13.1 Å². The fourth-order valence-electron chi connectivity index (χ4n) is 3.13. The Balaban J connectivity index is 2.27. The molecule has 2 rings (SSSR count). The van der Waals surface area contributed by atoms with Crippen LogP contribution in [0.3, 0.4) is 0 Å². The molecule has 0 N–H and O–H groups in total. The monoisotopic (exact) mass is 363 g/mol. The van der Waals surface area contributed by atoms with Gasteiger partial charge in [0.15, 0.2) is 0 Å². The van der Waals surface area contributed by atoms with Crippen LogP contribution < -0.4 is 4.90 Å². The molecule has 1 aliphatic carbocycles. The van der Waals surface area contributed by atoms with E-state index in [9.17, 15) is 13.2 Å². The molecule has 0 spiro atoms. The summed E-state index contributed by atoms with van der Waals surface area (Å²) in [5.41, 5.74) is 0.412. The van der Waals surface area contributed by atoms with E-state index >= 15 is 0 Å². The summed E-state index contributed by atoms with van der Waals surface area (Å²) in [6, 6.07) is 5.00. The lowest BCUT2D eigenvalue weighted by Crippen LogP contribution is -2.35. The number of hydrogen-bond acceptors (Lipinski definition) is 1. The molecule has 0 saturated heterocycles. The van der Waals surface area contributed by atoms with E-state index in [1.807, 2.05) is 11.9 Å². The summed E-state index contributed by atoms with van der Waals surface area (Å²) in [5, 5.41) is 0.215. The van der Waals surface area contributed by atoms with Crippen LogP contribution in [0.25, 0.3) is 0 Å². The fraction of sp³-hybridized carbons (Fsp3) is 0.625. The molecule has 2 atom stereocenters. The van der Waals surface area contributed by atoms with Gasteiger partial charge in [0, 0.05) is 24.1 Å². The highest BCUT2D eigenvalue weighted by atomic mass is 79.9. The maximum Gasteiger partial charge on any atom is 0.416 e. The van der Waals surface area contributed by atoms with Gasteiger partial charge in [-0.05, 0) is 36.5 Å². The van der Waals surface area contributed by atoms with Gasteiger partial charge in [-0.3, -0.25) is 0 Å². The second-order valence-electron chi connectivity index (χ2n) is 6.01. The highest BCUT2D eigenvalue weighted by Crippen LogP contribution is 2.37. The van der Waals surface area contributed by atoms with Gasteiger partial charge in [0.05, 0.1) is 5.56 Å². The van der Waals surface area contributed by atoms with Crippen LogP contribution in [0.4, 0.5) is 18.9 Å². The first kappa shape index (κ1) is 16.7. The third kappa shape index (κ3) is 3.93. The Labute approximate surface area is 132 Å². The Hall–Kier alpha value is -0.710. The summed E-state index contributed by atoms with van der Waals surface area (Å²) < 4.78 is 39.4. The van der Waals surface area contributed by atoms with Crippen molar-refractivity contribution < 1.29 is 13.2 Å². The highest BCUT2D eigenvalue weighted by molar-refractivity contribution is 9.08. The maximum absolute atomic E-state index is 13.1. The van der Waals surface area contributed by atoms with Crippen molar-refractivity contribution >= 4 is 21.6 Å². The predicted molar refractivity (Wildman–Crippen MR) is 83.9 cm³/mol. The first-order valence-corrected chi connectivity index (χ1v) is 8.44. The molecule has 1 aromatic carbocycles. The molecule has 5 heteroatoms. The molecule has 1 aromatic rings. The lowest BCUT2D eigenvalue weighted by Gasteiger charge is -2.36. The summed E-state index contributed by atoms with van der Waals surface area (Å²) in [4.78, 5) is 2.02. The van der Waals surface area contributed by atoms with Gasteiger partial charge in [-0.15, -0.1) is 0 Å². The Morgan fingerprint density at radius 2 is 2.00 bits per heavy atom. The number of hydrogen-bond donors (Lipinski definition) is 0. The standard InChI is InChI=1S/C16H21BrF3N/c1-11-4-3-5-13(8-11)21(2)14-7-6-12(10-17)15(9-14)16(18,19)20/h6-7,9,11,13H,3-5,8,10H2,1-2H3. The summed E-state index contributed by atoms with van der Waals surface area (Å²) in [5.74, 6) is 0.648. The van der Waals surface area contributed by atoms with Crippen LogP contribution in [-0.2, 0) is 11.5 Å². The van der Waals surface area contributed by atoms with E-state index in [-0.39, 0.29) is 10.9 Å². The first-order chi connectivity index (χ1) is 9.82. The number of nitrogens with zero attached hydrogens (tertiary/aromatic N) is 1. The molecule has 118 valence electrons. The number of rotatable bonds is 3.